The van der Waals surface area contributed by atoms with Crippen LogP contribution in [-0.2, 0) is 10.0 Å². The van der Waals surface area contributed by atoms with Gasteiger partial charge in [-0.2, -0.15) is 8.42 Å². The number of hydrogen-bond donors (Lipinski definition) is 2. The van der Waals surface area contributed by atoms with Gasteiger partial charge in [0.15, 0.2) is 0 Å². The predicted molar refractivity (Wildman–Crippen MR) is 119 cm³/mol. The lowest BCUT2D eigenvalue weighted by atomic mass is 9.96. The Morgan fingerprint density at radius 2 is 1.57 bits per heavy atom. The van der Waals surface area contributed by atoms with Crippen molar-refractivity contribution in [3.8, 4) is 0 Å². The minimum absolute atomic E-state index is 0.0800. The van der Waals surface area contributed by atoms with Crippen LogP contribution >= 0.6 is 0 Å². The standard InChI is InChI=1S/C22H30N4O3S/c1-16-20(17-8-4-2-5-9-17)30(28,29)25-21(16)26-14-12-19(13-15-26)24-22(27)23-18-10-6-3-7-11-18/h2,4-5,8-9,18-19H,3,6-7,10-15H2,1H3,(H2,23,24,27). The summed E-state index contributed by atoms with van der Waals surface area (Å²) in [6, 6.07) is 9.44. The van der Waals surface area contributed by atoms with Gasteiger partial charge in [0.2, 0.25) is 0 Å². The zero-order valence-electron chi connectivity index (χ0n) is 17.4. The summed E-state index contributed by atoms with van der Waals surface area (Å²) in [6.07, 6.45) is 7.30. The fraction of sp³-hybridized carbons (Fsp3) is 0.545. The molecule has 1 aliphatic carbocycles. The van der Waals surface area contributed by atoms with Crippen LogP contribution in [-0.4, -0.2) is 50.4 Å². The second-order valence-corrected chi connectivity index (χ2v) is 9.97. The molecule has 2 heterocycles. The Hall–Kier alpha value is -2.35. The third kappa shape index (κ3) is 4.53. The SMILES string of the molecule is CC1=C(c2ccccc2)S(=O)(=O)N=C1N1CCC(NC(=O)NC2CCCCC2)CC1. The lowest BCUT2D eigenvalue weighted by Gasteiger charge is -2.34. The lowest BCUT2D eigenvalue weighted by molar-refractivity contribution is 0.219. The molecule has 1 saturated heterocycles. The molecule has 0 aromatic heterocycles. The highest BCUT2D eigenvalue weighted by Crippen LogP contribution is 2.34. The van der Waals surface area contributed by atoms with Crippen LogP contribution in [0.1, 0.15) is 57.4 Å². The summed E-state index contributed by atoms with van der Waals surface area (Å²) in [4.78, 5) is 14.6. The number of sulfonamides is 1. The van der Waals surface area contributed by atoms with Gasteiger partial charge in [0.1, 0.15) is 10.7 Å². The van der Waals surface area contributed by atoms with Crippen molar-refractivity contribution in [2.75, 3.05) is 13.1 Å². The average Bonchev–Trinajstić information content (AvgIpc) is 2.98. The average molecular weight is 431 g/mol. The highest BCUT2D eigenvalue weighted by atomic mass is 32.2. The normalized spacial score (nSPS) is 22.7. The Labute approximate surface area is 178 Å². The van der Waals surface area contributed by atoms with Crippen molar-refractivity contribution in [1.82, 2.24) is 15.5 Å². The number of piperidine rings is 1. The van der Waals surface area contributed by atoms with Crippen molar-refractivity contribution in [3.63, 3.8) is 0 Å². The monoisotopic (exact) mass is 430 g/mol. The minimum Gasteiger partial charge on any atom is -0.356 e. The van der Waals surface area contributed by atoms with Gasteiger partial charge in [0.05, 0.1) is 0 Å². The van der Waals surface area contributed by atoms with E-state index in [9.17, 15) is 13.2 Å². The van der Waals surface area contributed by atoms with E-state index in [1.807, 2.05) is 30.0 Å². The molecule has 2 fully saturated rings. The van der Waals surface area contributed by atoms with Crippen molar-refractivity contribution in [2.24, 2.45) is 4.40 Å². The summed E-state index contributed by atoms with van der Waals surface area (Å²) in [5.74, 6) is 0.541. The molecule has 1 aromatic rings. The Kier molecular flexibility index (Phi) is 6.13. The van der Waals surface area contributed by atoms with E-state index in [4.69, 9.17) is 0 Å². The summed E-state index contributed by atoms with van der Waals surface area (Å²) in [5, 5.41) is 6.19. The Morgan fingerprint density at radius 3 is 2.20 bits per heavy atom. The molecule has 0 bridgehead atoms. The number of nitrogens with zero attached hydrogens (tertiary/aromatic N) is 2. The van der Waals surface area contributed by atoms with Crippen molar-refractivity contribution < 1.29 is 13.2 Å². The number of carbonyl (C=O) groups is 1. The number of amides is 2. The van der Waals surface area contributed by atoms with Crippen molar-refractivity contribution in [2.45, 2.75) is 64.0 Å². The zero-order valence-corrected chi connectivity index (χ0v) is 18.2. The third-order valence-electron chi connectivity index (χ3n) is 6.25. The highest BCUT2D eigenvalue weighted by Gasteiger charge is 2.35. The van der Waals surface area contributed by atoms with Gasteiger partial charge >= 0.3 is 6.03 Å². The van der Waals surface area contributed by atoms with Crippen LogP contribution in [0, 0.1) is 0 Å². The number of carbonyl (C=O) groups excluding carboxylic acids is 1. The van der Waals surface area contributed by atoms with Gasteiger partial charge in [-0.25, -0.2) is 4.79 Å². The first-order chi connectivity index (χ1) is 14.4. The smallest absolute Gasteiger partial charge is 0.315 e. The summed E-state index contributed by atoms with van der Waals surface area (Å²) in [6.45, 7) is 3.16. The number of rotatable bonds is 3. The van der Waals surface area contributed by atoms with Gasteiger partial charge in [-0.3, -0.25) is 0 Å². The zero-order chi connectivity index (χ0) is 21.1. The van der Waals surface area contributed by atoms with E-state index in [0.29, 0.717) is 41.0 Å². The molecule has 1 aromatic carbocycles. The van der Waals surface area contributed by atoms with Crippen LogP contribution in [0.4, 0.5) is 4.79 Å². The highest BCUT2D eigenvalue weighted by molar-refractivity contribution is 8.00. The summed E-state index contributed by atoms with van der Waals surface area (Å²) >= 11 is 0. The molecule has 4 rings (SSSR count). The van der Waals surface area contributed by atoms with E-state index in [1.54, 1.807) is 12.1 Å². The first-order valence-electron chi connectivity index (χ1n) is 10.9. The molecule has 162 valence electrons. The van der Waals surface area contributed by atoms with Crippen LogP contribution in [0.5, 0.6) is 0 Å². The van der Waals surface area contributed by atoms with E-state index < -0.39 is 10.0 Å². The van der Waals surface area contributed by atoms with E-state index in [0.717, 1.165) is 25.7 Å². The van der Waals surface area contributed by atoms with Crippen molar-refractivity contribution in [3.05, 3.63) is 41.5 Å². The molecule has 7 nitrogen and oxygen atoms in total. The fourth-order valence-electron chi connectivity index (χ4n) is 4.67. The first-order valence-corrected chi connectivity index (χ1v) is 12.3. The molecule has 30 heavy (non-hydrogen) atoms. The first kappa shape index (κ1) is 20.9. The van der Waals surface area contributed by atoms with Gasteiger partial charge in [-0.1, -0.05) is 49.6 Å². The van der Waals surface area contributed by atoms with Gasteiger partial charge in [-0.15, -0.1) is 4.40 Å². The van der Waals surface area contributed by atoms with Gasteiger partial charge in [0.25, 0.3) is 10.0 Å². The molecule has 3 aliphatic rings. The number of likely N-dealkylation sites (tertiary alicyclic amines) is 1. The maximum absolute atomic E-state index is 12.7. The topological polar surface area (TPSA) is 90.9 Å². The number of urea groups is 1. The Bertz CT molecular complexity index is 942. The fourth-order valence-corrected chi connectivity index (χ4v) is 6.15. The molecule has 2 N–H and O–H groups in total. The number of amidine groups is 1. The quantitative estimate of drug-likeness (QED) is 0.770. The molecule has 2 aliphatic heterocycles. The Morgan fingerprint density at radius 1 is 0.967 bits per heavy atom. The number of benzene rings is 1. The summed E-state index contributed by atoms with van der Waals surface area (Å²) < 4.78 is 29.5. The molecule has 0 atom stereocenters. The summed E-state index contributed by atoms with van der Waals surface area (Å²) in [7, 11) is -3.69. The lowest BCUT2D eigenvalue weighted by Crippen LogP contribution is -2.51. The van der Waals surface area contributed by atoms with Crippen molar-refractivity contribution >= 4 is 26.8 Å². The van der Waals surface area contributed by atoms with Crippen LogP contribution in [0.15, 0.2) is 40.3 Å². The van der Waals surface area contributed by atoms with Gasteiger partial charge in [-0.05, 0) is 38.2 Å². The molecule has 2 amide bonds. The molecule has 0 spiro atoms. The number of hydrogen-bond acceptors (Lipinski definition) is 4. The maximum atomic E-state index is 12.7. The summed E-state index contributed by atoms with van der Waals surface area (Å²) in [5.41, 5.74) is 1.37. The Balaban J connectivity index is 1.36. The molecular weight excluding hydrogens is 400 g/mol. The van der Waals surface area contributed by atoms with E-state index >= 15 is 0 Å². The van der Waals surface area contributed by atoms with Crippen LogP contribution in [0.3, 0.4) is 0 Å². The molecule has 0 unspecified atom stereocenters. The third-order valence-corrected chi connectivity index (χ3v) is 7.72. The second kappa shape index (κ2) is 8.79. The van der Waals surface area contributed by atoms with E-state index in [1.165, 1.54) is 19.3 Å². The number of nitrogens with one attached hydrogen (secondary N) is 2. The molecule has 8 heteroatoms. The van der Waals surface area contributed by atoms with Crippen LogP contribution < -0.4 is 10.6 Å². The van der Waals surface area contributed by atoms with E-state index in [-0.39, 0.29) is 12.1 Å². The minimum atomic E-state index is -3.69. The van der Waals surface area contributed by atoms with Crippen molar-refractivity contribution in [1.29, 1.82) is 0 Å². The predicted octanol–water partition coefficient (Wildman–Crippen LogP) is 3.26. The molecule has 0 radical (unpaired) electrons. The van der Waals surface area contributed by atoms with Gasteiger partial charge in [0, 0.05) is 30.7 Å². The maximum Gasteiger partial charge on any atom is 0.315 e. The van der Waals surface area contributed by atoms with E-state index in [2.05, 4.69) is 15.0 Å². The van der Waals surface area contributed by atoms with Gasteiger partial charge < -0.3 is 15.5 Å². The molecular formula is C22H30N4O3S. The van der Waals surface area contributed by atoms with Crippen LogP contribution in [0.2, 0.25) is 0 Å². The molecule has 1 saturated carbocycles. The largest absolute Gasteiger partial charge is 0.356 e. The second-order valence-electron chi connectivity index (χ2n) is 8.42. The van der Waals surface area contributed by atoms with Crippen LogP contribution in [0.25, 0.3) is 4.91 Å².